The van der Waals surface area contributed by atoms with Gasteiger partial charge in [-0.2, -0.15) is 0 Å². The molecule has 0 spiro atoms. The van der Waals surface area contributed by atoms with E-state index in [-0.39, 0.29) is 33.4 Å². The molecule has 0 saturated heterocycles. The van der Waals surface area contributed by atoms with Crippen molar-refractivity contribution in [2.24, 2.45) is 0 Å². The fraction of sp³-hybridized carbons (Fsp3) is 0. The van der Waals surface area contributed by atoms with Crippen LogP contribution in [0.4, 0.5) is 0 Å². The fourth-order valence-electron chi connectivity index (χ4n) is 0.143. The van der Waals surface area contributed by atoms with Crippen molar-refractivity contribution in [1.29, 1.82) is 0 Å². The molecule has 0 fully saturated rings. The van der Waals surface area contributed by atoms with E-state index in [0.717, 1.165) is 0 Å². The molecule has 0 aromatic heterocycles. The SMILES string of the molecule is O=C(O)/C=C\C(=O)O.[NH2-].[NH2-].[Pt+2]. The topological polar surface area (TPSA) is 142 Å². The minimum atomic E-state index is -1.26. The standard InChI is InChI=1S/C4H4O4.2H2N.Pt/c5-3(6)1-2-4(7)8;;;/h1-2H,(H,5,6)(H,7,8);2*1H2;/q;2*-1;+2/b2-1-;;;. The molecule has 7 heteroatoms. The van der Waals surface area contributed by atoms with Crippen molar-refractivity contribution in [2.45, 2.75) is 0 Å². The minimum Gasteiger partial charge on any atom is -0.693 e. The number of rotatable bonds is 2. The molecule has 68 valence electrons. The normalized spacial score (nSPS) is 6.91. The molecule has 0 rings (SSSR count). The Kier molecular flexibility index (Phi) is 24.5. The molecule has 0 aliphatic rings. The van der Waals surface area contributed by atoms with Crippen molar-refractivity contribution in [3.63, 3.8) is 0 Å². The van der Waals surface area contributed by atoms with E-state index >= 15 is 0 Å². The van der Waals surface area contributed by atoms with Gasteiger partial charge in [-0.15, -0.1) is 0 Å². The van der Waals surface area contributed by atoms with E-state index in [1.54, 1.807) is 0 Å². The van der Waals surface area contributed by atoms with Crippen LogP contribution in [0.3, 0.4) is 0 Å². The van der Waals surface area contributed by atoms with E-state index in [1.807, 2.05) is 0 Å². The molecule has 6 nitrogen and oxygen atoms in total. The number of carboxylic acids is 2. The Morgan fingerprint density at radius 1 is 0.909 bits per heavy atom. The maximum atomic E-state index is 9.55. The van der Waals surface area contributed by atoms with Crippen LogP contribution in [0.15, 0.2) is 12.2 Å². The second-order valence-electron chi connectivity index (χ2n) is 1.01. The zero-order valence-corrected chi connectivity index (χ0v) is 7.61. The Labute approximate surface area is 77.7 Å². The van der Waals surface area contributed by atoms with Gasteiger partial charge in [0.25, 0.3) is 0 Å². The molecule has 0 radical (unpaired) electrons. The number of nitrogens with two attached hydrogens (primary N) is 2. The molecule has 11 heavy (non-hydrogen) atoms. The van der Waals surface area contributed by atoms with Gasteiger partial charge in [-0.05, 0) is 0 Å². The quantitative estimate of drug-likeness (QED) is 0.725. The third-order valence-corrected chi connectivity index (χ3v) is 0.368. The summed E-state index contributed by atoms with van der Waals surface area (Å²) in [4.78, 5) is 19.1. The molecule has 0 atom stereocenters. The van der Waals surface area contributed by atoms with Crippen LogP contribution in [0, 0.1) is 0 Å². The summed E-state index contributed by atoms with van der Waals surface area (Å²) < 4.78 is 0. The minimum absolute atomic E-state index is 0. The van der Waals surface area contributed by atoms with Gasteiger partial charge in [0, 0.05) is 12.2 Å². The smallest absolute Gasteiger partial charge is 0.693 e. The molecular weight excluding hydrogens is 335 g/mol. The molecule has 6 N–H and O–H groups in total. The Bertz CT molecular complexity index is 131. The van der Waals surface area contributed by atoms with Crippen LogP contribution in [0.5, 0.6) is 0 Å². The Morgan fingerprint density at radius 2 is 1.09 bits per heavy atom. The summed E-state index contributed by atoms with van der Waals surface area (Å²) in [5, 5.41) is 15.6. The number of carbonyl (C=O) groups is 2. The van der Waals surface area contributed by atoms with Crippen LogP contribution in [0.25, 0.3) is 12.3 Å². The predicted molar refractivity (Wildman–Crippen MR) is 35.0 cm³/mol. The summed E-state index contributed by atoms with van der Waals surface area (Å²) >= 11 is 0. The van der Waals surface area contributed by atoms with Gasteiger partial charge >= 0.3 is 33.0 Å². The van der Waals surface area contributed by atoms with Crippen molar-refractivity contribution in [2.75, 3.05) is 0 Å². The van der Waals surface area contributed by atoms with E-state index in [2.05, 4.69) is 0 Å². The molecule has 0 aliphatic heterocycles. The number of carboxylic acid groups (broad SMARTS) is 2. The van der Waals surface area contributed by atoms with E-state index in [4.69, 9.17) is 10.2 Å². The first-order valence-corrected chi connectivity index (χ1v) is 1.77. The zero-order valence-electron chi connectivity index (χ0n) is 5.34. The van der Waals surface area contributed by atoms with Crippen LogP contribution in [-0.2, 0) is 30.7 Å². The molecule has 0 bridgehead atoms. The number of hydrogen-bond acceptors (Lipinski definition) is 2. The first-order chi connectivity index (χ1) is 3.63. The van der Waals surface area contributed by atoms with Crippen molar-refractivity contribution in [3.8, 4) is 0 Å². The average molecular weight is 343 g/mol. The van der Waals surface area contributed by atoms with Gasteiger partial charge in [0.2, 0.25) is 0 Å². The van der Waals surface area contributed by atoms with Crippen molar-refractivity contribution < 1.29 is 40.9 Å². The van der Waals surface area contributed by atoms with Crippen molar-refractivity contribution in [1.82, 2.24) is 0 Å². The molecule has 0 aromatic carbocycles. The monoisotopic (exact) mass is 343 g/mol. The van der Waals surface area contributed by atoms with Gasteiger partial charge in [0.15, 0.2) is 0 Å². The van der Waals surface area contributed by atoms with Gasteiger partial charge < -0.3 is 22.5 Å². The third-order valence-electron chi connectivity index (χ3n) is 0.368. The largest absolute Gasteiger partial charge is 2.00 e. The van der Waals surface area contributed by atoms with E-state index in [1.165, 1.54) is 0 Å². The second kappa shape index (κ2) is 12.0. The van der Waals surface area contributed by atoms with Gasteiger partial charge in [0.1, 0.15) is 0 Å². The molecule has 0 aromatic rings. The third kappa shape index (κ3) is 26.8. The summed E-state index contributed by atoms with van der Waals surface area (Å²) in [7, 11) is 0. The Morgan fingerprint density at radius 3 is 1.18 bits per heavy atom. The molecule has 0 saturated carbocycles. The summed E-state index contributed by atoms with van der Waals surface area (Å²) in [6.07, 6.45) is 1.12. The van der Waals surface area contributed by atoms with Crippen molar-refractivity contribution >= 4 is 11.9 Å². The predicted octanol–water partition coefficient (Wildman–Crippen LogP) is 1.14. The molecule has 0 aliphatic carbocycles. The van der Waals surface area contributed by atoms with Gasteiger partial charge in [-0.3, -0.25) is 0 Å². The first kappa shape index (κ1) is 22.4. The van der Waals surface area contributed by atoms with Gasteiger partial charge in [-0.1, -0.05) is 0 Å². The van der Waals surface area contributed by atoms with Crippen LogP contribution in [0.2, 0.25) is 0 Å². The summed E-state index contributed by atoms with van der Waals surface area (Å²) in [5.41, 5.74) is 0. The summed E-state index contributed by atoms with van der Waals surface area (Å²) in [6, 6.07) is 0. The maximum Gasteiger partial charge on any atom is 2.00 e. The van der Waals surface area contributed by atoms with Gasteiger partial charge in [-0.25, -0.2) is 9.59 Å². The van der Waals surface area contributed by atoms with Crippen LogP contribution < -0.4 is 0 Å². The molecule has 0 unspecified atom stereocenters. The Hall–Kier alpha value is -0.712. The van der Waals surface area contributed by atoms with E-state index < -0.39 is 11.9 Å². The fourth-order valence-corrected chi connectivity index (χ4v) is 0.143. The number of aliphatic carboxylic acids is 2. The zero-order chi connectivity index (χ0) is 6.57. The number of hydrogen-bond donors (Lipinski definition) is 2. The first-order valence-electron chi connectivity index (χ1n) is 1.77. The van der Waals surface area contributed by atoms with Gasteiger partial charge in [0.05, 0.1) is 0 Å². The van der Waals surface area contributed by atoms with E-state index in [0.29, 0.717) is 12.2 Å². The van der Waals surface area contributed by atoms with Crippen molar-refractivity contribution in [3.05, 3.63) is 24.5 Å². The summed E-state index contributed by atoms with van der Waals surface area (Å²) in [5.74, 6) is -2.51. The molecular formula is C4H8N2O4Pt. The Balaban J connectivity index is -0.0000000817. The maximum absolute atomic E-state index is 9.55. The second-order valence-corrected chi connectivity index (χ2v) is 1.01. The van der Waals surface area contributed by atoms with E-state index in [9.17, 15) is 9.59 Å². The van der Waals surface area contributed by atoms with Crippen LogP contribution >= 0.6 is 0 Å². The molecule has 0 amide bonds. The van der Waals surface area contributed by atoms with Crippen LogP contribution in [-0.4, -0.2) is 22.2 Å². The van der Waals surface area contributed by atoms with Crippen LogP contribution in [0.1, 0.15) is 0 Å². The average Bonchev–Trinajstić information content (AvgIpc) is 1.61. The molecule has 0 heterocycles. The summed E-state index contributed by atoms with van der Waals surface area (Å²) in [6.45, 7) is 0.